The van der Waals surface area contributed by atoms with E-state index in [2.05, 4.69) is 0 Å². The van der Waals surface area contributed by atoms with Crippen LogP contribution in [0.2, 0.25) is 0 Å². The predicted octanol–water partition coefficient (Wildman–Crippen LogP) is 4.01. The molecule has 0 unspecified atom stereocenters. The lowest BCUT2D eigenvalue weighted by atomic mass is 9.84. The summed E-state index contributed by atoms with van der Waals surface area (Å²) in [6, 6.07) is 28.3. The molecule has 2 amide bonds. The van der Waals surface area contributed by atoms with E-state index in [1.807, 2.05) is 67.6 Å². The second-order valence-corrected chi connectivity index (χ2v) is 14.0. The molecule has 49 heavy (non-hydrogen) atoms. The number of carbonyl (C=O) groups is 1. The molecule has 0 aromatic heterocycles. The fraction of sp³-hybridized carbons (Fsp3) is 0.278. The monoisotopic (exact) mass is 687 g/mol. The average Bonchev–Trinajstić information content (AvgIpc) is 3.15. The molecule has 0 aliphatic carbocycles. The summed E-state index contributed by atoms with van der Waals surface area (Å²) in [7, 11) is -4.38. The smallest absolute Gasteiger partial charge is 0.362 e. The molecule has 1 heterocycles. The molecule has 258 valence electrons. The summed E-state index contributed by atoms with van der Waals surface area (Å²) < 4.78 is 16.5. The molecule has 4 aromatic rings. The summed E-state index contributed by atoms with van der Waals surface area (Å²) in [6.07, 6.45) is -3.23. The van der Waals surface area contributed by atoms with Crippen molar-refractivity contribution in [3.63, 3.8) is 0 Å². The molecule has 5 atom stereocenters. The Hall–Kier alpha value is -4.71. The molecule has 4 aromatic carbocycles. The van der Waals surface area contributed by atoms with Gasteiger partial charge in [-0.05, 0) is 52.9 Å². The number of nitrogens with one attached hydrogen (secondary N) is 1. The third-order valence-corrected chi connectivity index (χ3v) is 9.37. The number of urea groups is 1. The van der Waals surface area contributed by atoms with Gasteiger partial charge in [0.1, 0.15) is 23.8 Å². The maximum absolute atomic E-state index is 15.0. The summed E-state index contributed by atoms with van der Waals surface area (Å²) in [5.74, 6) is -0.378. The summed E-state index contributed by atoms with van der Waals surface area (Å²) in [5.41, 5.74) is 15.6. The van der Waals surface area contributed by atoms with Crippen LogP contribution in [0.1, 0.15) is 40.7 Å². The van der Waals surface area contributed by atoms with Gasteiger partial charge in [-0.1, -0.05) is 85.8 Å². The Kier molecular flexibility index (Phi) is 11.1. The number of hydrogen-bond donors (Lipinski definition) is 7. The van der Waals surface area contributed by atoms with Crippen LogP contribution in [0, 0.1) is 5.41 Å². The van der Waals surface area contributed by atoms with Crippen molar-refractivity contribution in [2.45, 2.75) is 56.6 Å². The Labute approximate surface area is 285 Å². The first kappa shape index (κ1) is 35.6. The van der Waals surface area contributed by atoms with Crippen LogP contribution in [0.15, 0.2) is 103 Å². The molecule has 13 heteroatoms. The second kappa shape index (κ2) is 15.2. The van der Waals surface area contributed by atoms with Crippen molar-refractivity contribution in [2.24, 2.45) is 5.73 Å². The maximum Gasteiger partial charge on any atom is 0.362 e. The molecule has 1 aliphatic rings. The predicted molar refractivity (Wildman–Crippen MR) is 187 cm³/mol. The SMILES string of the molecule is C[C@H](c1ccccc1)[C@@H]1[C@H](O)[C@@H](O)[C@@H](Cc2ccccc2)N(Cc2ccc(N)c(C(=N)N)c2)C(=O)N1Cc1ccc(OCP(=O)(O)O)cc1. The van der Waals surface area contributed by atoms with E-state index in [0.29, 0.717) is 22.4 Å². The van der Waals surface area contributed by atoms with Crippen molar-refractivity contribution in [3.8, 4) is 5.75 Å². The van der Waals surface area contributed by atoms with Gasteiger partial charge in [-0.15, -0.1) is 0 Å². The van der Waals surface area contributed by atoms with Crippen LogP contribution in [0.4, 0.5) is 10.5 Å². The number of benzene rings is 4. The van der Waals surface area contributed by atoms with E-state index in [4.69, 9.17) is 21.6 Å². The number of aliphatic hydroxyl groups excluding tert-OH is 2. The molecular weight excluding hydrogens is 645 g/mol. The number of ether oxygens (including phenoxy) is 1. The molecule has 12 nitrogen and oxygen atoms in total. The molecule has 5 rings (SSSR count). The number of rotatable bonds is 12. The summed E-state index contributed by atoms with van der Waals surface area (Å²) in [5, 5.41) is 32.1. The summed E-state index contributed by atoms with van der Waals surface area (Å²) >= 11 is 0. The van der Waals surface area contributed by atoms with Gasteiger partial charge in [-0.2, -0.15) is 0 Å². The Bertz CT molecular complexity index is 1790. The fourth-order valence-corrected chi connectivity index (χ4v) is 6.69. The average molecular weight is 688 g/mol. The maximum atomic E-state index is 15.0. The third-order valence-electron chi connectivity index (χ3n) is 8.91. The van der Waals surface area contributed by atoms with E-state index in [1.54, 1.807) is 52.3 Å². The highest BCUT2D eigenvalue weighted by atomic mass is 31.2. The second-order valence-electron chi connectivity index (χ2n) is 12.4. The van der Waals surface area contributed by atoms with Gasteiger partial charge in [-0.3, -0.25) is 9.97 Å². The number of nitrogens with two attached hydrogens (primary N) is 2. The van der Waals surface area contributed by atoms with Crippen molar-refractivity contribution in [3.05, 3.63) is 131 Å². The molecule has 0 saturated carbocycles. The van der Waals surface area contributed by atoms with Crippen LogP contribution < -0.4 is 16.2 Å². The first-order valence-electron chi connectivity index (χ1n) is 15.8. The van der Waals surface area contributed by atoms with Crippen molar-refractivity contribution < 1.29 is 34.1 Å². The van der Waals surface area contributed by atoms with Crippen LogP contribution in [0.25, 0.3) is 0 Å². The molecular formula is C36H42N5O7P. The topological polar surface area (TPSA) is 207 Å². The zero-order chi connectivity index (χ0) is 35.3. The number of amidine groups is 1. The lowest BCUT2D eigenvalue weighted by molar-refractivity contribution is -0.0455. The van der Waals surface area contributed by atoms with Gasteiger partial charge >= 0.3 is 13.6 Å². The molecule has 1 aliphatic heterocycles. The fourth-order valence-electron chi connectivity index (χ4n) is 6.37. The van der Waals surface area contributed by atoms with E-state index in [9.17, 15) is 29.4 Å². The number of amides is 2. The number of hydrogen-bond acceptors (Lipinski definition) is 7. The van der Waals surface area contributed by atoms with Crippen molar-refractivity contribution in [1.82, 2.24) is 9.80 Å². The van der Waals surface area contributed by atoms with Crippen molar-refractivity contribution >= 4 is 25.1 Å². The minimum atomic E-state index is -4.38. The highest BCUT2D eigenvalue weighted by molar-refractivity contribution is 7.51. The molecule has 1 fully saturated rings. The number of nitrogen functional groups attached to an aromatic ring is 2. The molecule has 9 N–H and O–H groups in total. The van der Waals surface area contributed by atoms with Crippen LogP contribution in [0.5, 0.6) is 5.75 Å². The van der Waals surface area contributed by atoms with Crippen LogP contribution in [-0.4, -0.2) is 72.3 Å². The molecule has 0 spiro atoms. The first-order valence-corrected chi connectivity index (χ1v) is 17.6. The quantitative estimate of drug-likeness (QED) is 0.0496. The van der Waals surface area contributed by atoms with Gasteiger partial charge in [0.15, 0.2) is 6.35 Å². The minimum Gasteiger partial charge on any atom is -0.481 e. The molecule has 1 saturated heterocycles. The van der Waals surface area contributed by atoms with Gasteiger partial charge in [0.05, 0.1) is 12.1 Å². The van der Waals surface area contributed by atoms with Gasteiger partial charge in [-0.25, -0.2) is 4.79 Å². The zero-order valence-corrected chi connectivity index (χ0v) is 27.9. The summed E-state index contributed by atoms with van der Waals surface area (Å²) in [6.45, 7) is 1.98. The van der Waals surface area contributed by atoms with Gasteiger partial charge < -0.3 is 46.0 Å². The van der Waals surface area contributed by atoms with E-state index in [1.165, 1.54) is 0 Å². The van der Waals surface area contributed by atoms with E-state index in [0.717, 1.165) is 11.1 Å². The van der Waals surface area contributed by atoms with Crippen LogP contribution >= 0.6 is 7.60 Å². The van der Waals surface area contributed by atoms with Gasteiger partial charge in [0, 0.05) is 30.3 Å². The standard InChI is InChI=1S/C36H42N5O7P/c1-23(27-10-6-3-7-11-27)32-34(43)33(42)31(19-24-8-4-2-5-9-24)40(21-26-14-17-30(37)29(18-26)35(38)39)36(44)41(32)20-25-12-15-28(16-13-25)48-22-49(45,46)47/h2-18,23,31-34,42-43H,19-22,37H2,1H3,(H3,38,39)(H2,45,46,47)/t23-,31-,32-,33+,34+/m1/s1. The first-order chi connectivity index (χ1) is 23.3. The van der Waals surface area contributed by atoms with Crippen LogP contribution in [-0.2, 0) is 24.1 Å². The van der Waals surface area contributed by atoms with Gasteiger partial charge in [0.25, 0.3) is 0 Å². The molecule has 0 radical (unpaired) electrons. The Balaban J connectivity index is 1.59. The Morgan fingerprint density at radius 1 is 0.857 bits per heavy atom. The zero-order valence-electron chi connectivity index (χ0n) is 27.0. The lowest BCUT2D eigenvalue weighted by Gasteiger charge is -2.38. The van der Waals surface area contributed by atoms with E-state index < -0.39 is 50.2 Å². The largest absolute Gasteiger partial charge is 0.481 e. The Morgan fingerprint density at radius 2 is 1.45 bits per heavy atom. The number of aliphatic hydroxyl groups is 2. The van der Waals surface area contributed by atoms with Crippen molar-refractivity contribution in [2.75, 3.05) is 12.1 Å². The highest BCUT2D eigenvalue weighted by Crippen LogP contribution is 2.36. The molecule has 0 bridgehead atoms. The van der Waals surface area contributed by atoms with E-state index >= 15 is 0 Å². The van der Waals surface area contributed by atoms with Crippen LogP contribution in [0.3, 0.4) is 0 Å². The van der Waals surface area contributed by atoms with Gasteiger partial charge in [0.2, 0.25) is 0 Å². The summed E-state index contributed by atoms with van der Waals surface area (Å²) in [4.78, 5) is 36.5. The minimum absolute atomic E-state index is 0.0266. The van der Waals surface area contributed by atoms with E-state index in [-0.39, 0.29) is 31.1 Å². The normalized spacial score (nSPS) is 20.5. The van der Waals surface area contributed by atoms with Crippen molar-refractivity contribution in [1.29, 1.82) is 5.41 Å². The highest BCUT2D eigenvalue weighted by Gasteiger charge is 2.48. The Morgan fingerprint density at radius 3 is 2.06 bits per heavy atom. The number of anilines is 1. The number of carbonyl (C=O) groups excluding carboxylic acids is 1. The number of nitrogens with zero attached hydrogens (tertiary/aromatic N) is 2. The third kappa shape index (κ3) is 8.66. The lowest BCUT2D eigenvalue weighted by Crippen LogP contribution is -2.51.